The number of benzene rings is 2. The second-order valence-corrected chi connectivity index (χ2v) is 4.83. The van der Waals surface area contributed by atoms with Crippen LogP contribution in [-0.2, 0) is 0 Å². The topological polar surface area (TPSA) is 53.1 Å². The van der Waals surface area contributed by atoms with Crippen molar-refractivity contribution in [2.75, 3.05) is 5.43 Å². The third-order valence-electron chi connectivity index (χ3n) is 3.20. The largest absolute Gasteiger partial charge is 0.323 e. The van der Waals surface area contributed by atoms with Gasteiger partial charge in [0, 0.05) is 0 Å². The van der Waals surface area contributed by atoms with Crippen molar-refractivity contribution in [2.45, 2.75) is 13.8 Å². The van der Waals surface area contributed by atoms with E-state index >= 15 is 0 Å². The van der Waals surface area contributed by atoms with Gasteiger partial charge in [-0.1, -0.05) is 30.3 Å². The van der Waals surface area contributed by atoms with E-state index < -0.39 is 0 Å². The standard InChI is InChI=1S/C16H16N4/c1-11-7-8-14-15(9-11)19-16(18-14)20-17-10-13-6-4-3-5-12(13)2/h3-10H,1-2H3,(H2,18,19,20)/b17-10-. The van der Waals surface area contributed by atoms with Crippen molar-refractivity contribution < 1.29 is 0 Å². The van der Waals surface area contributed by atoms with Gasteiger partial charge in [0.15, 0.2) is 0 Å². The molecule has 2 N–H and O–H groups in total. The van der Waals surface area contributed by atoms with Gasteiger partial charge in [0.1, 0.15) is 0 Å². The summed E-state index contributed by atoms with van der Waals surface area (Å²) in [6, 6.07) is 14.2. The molecule has 4 heteroatoms. The van der Waals surface area contributed by atoms with Crippen LogP contribution in [-0.4, -0.2) is 16.2 Å². The minimum Gasteiger partial charge on any atom is -0.323 e. The Hall–Kier alpha value is -2.62. The molecule has 0 fully saturated rings. The summed E-state index contributed by atoms with van der Waals surface area (Å²) in [4.78, 5) is 7.63. The zero-order valence-electron chi connectivity index (χ0n) is 11.5. The maximum atomic E-state index is 4.43. The summed E-state index contributed by atoms with van der Waals surface area (Å²) < 4.78 is 0. The maximum absolute atomic E-state index is 4.43. The third-order valence-corrected chi connectivity index (χ3v) is 3.20. The van der Waals surface area contributed by atoms with Crippen LogP contribution in [0.15, 0.2) is 47.6 Å². The van der Waals surface area contributed by atoms with Crippen LogP contribution >= 0.6 is 0 Å². The van der Waals surface area contributed by atoms with Gasteiger partial charge in [0.25, 0.3) is 0 Å². The third kappa shape index (κ3) is 2.54. The first-order chi connectivity index (χ1) is 9.72. The van der Waals surface area contributed by atoms with Gasteiger partial charge >= 0.3 is 0 Å². The second kappa shape index (κ2) is 5.17. The summed E-state index contributed by atoms with van der Waals surface area (Å²) in [6.45, 7) is 4.12. The fourth-order valence-electron chi connectivity index (χ4n) is 2.07. The lowest BCUT2D eigenvalue weighted by Gasteiger charge is -1.98. The number of hydrazone groups is 1. The first-order valence-corrected chi connectivity index (χ1v) is 6.53. The molecule has 1 aromatic heterocycles. The lowest BCUT2D eigenvalue weighted by atomic mass is 10.1. The fraction of sp³-hybridized carbons (Fsp3) is 0.125. The van der Waals surface area contributed by atoms with Gasteiger partial charge in [-0.05, 0) is 42.7 Å². The molecule has 0 aliphatic rings. The Morgan fingerprint density at radius 3 is 2.85 bits per heavy atom. The fourth-order valence-corrected chi connectivity index (χ4v) is 2.07. The van der Waals surface area contributed by atoms with Crippen molar-refractivity contribution in [3.8, 4) is 0 Å². The summed E-state index contributed by atoms with van der Waals surface area (Å²) in [5.74, 6) is 0.649. The minimum absolute atomic E-state index is 0.649. The van der Waals surface area contributed by atoms with Crippen LogP contribution < -0.4 is 5.43 Å². The van der Waals surface area contributed by atoms with Gasteiger partial charge in [0.05, 0.1) is 17.2 Å². The molecule has 0 aliphatic heterocycles. The number of aromatic nitrogens is 2. The SMILES string of the molecule is Cc1ccc2nc(N/N=C\c3ccccc3C)[nH]c2c1. The Bertz CT molecular complexity index is 771. The smallest absolute Gasteiger partial charge is 0.222 e. The molecule has 0 radical (unpaired) electrons. The highest BCUT2D eigenvalue weighted by atomic mass is 15.3. The molecule has 0 atom stereocenters. The average molecular weight is 264 g/mol. The van der Waals surface area contributed by atoms with Crippen molar-refractivity contribution in [1.29, 1.82) is 0 Å². The number of fused-ring (bicyclic) bond motifs is 1. The Morgan fingerprint density at radius 1 is 1.15 bits per heavy atom. The molecular weight excluding hydrogens is 248 g/mol. The zero-order valence-corrected chi connectivity index (χ0v) is 11.5. The van der Waals surface area contributed by atoms with Crippen molar-refractivity contribution in [3.63, 3.8) is 0 Å². The van der Waals surface area contributed by atoms with Gasteiger partial charge in [-0.15, -0.1) is 0 Å². The molecule has 0 spiro atoms. The zero-order chi connectivity index (χ0) is 13.9. The first-order valence-electron chi connectivity index (χ1n) is 6.53. The van der Waals surface area contributed by atoms with Crippen molar-refractivity contribution in [1.82, 2.24) is 9.97 Å². The van der Waals surface area contributed by atoms with Crippen LogP contribution in [0.1, 0.15) is 16.7 Å². The number of nitrogens with zero attached hydrogens (tertiary/aromatic N) is 2. The van der Waals surface area contributed by atoms with E-state index in [1.807, 2.05) is 30.3 Å². The Balaban J connectivity index is 1.78. The summed E-state index contributed by atoms with van der Waals surface area (Å²) in [5.41, 5.74) is 8.37. The molecule has 0 aliphatic carbocycles. The number of hydrogen-bond donors (Lipinski definition) is 2. The Kier molecular flexibility index (Phi) is 3.21. The minimum atomic E-state index is 0.649. The molecular formula is C16H16N4. The average Bonchev–Trinajstić information content (AvgIpc) is 2.83. The Morgan fingerprint density at radius 2 is 2.00 bits per heavy atom. The van der Waals surface area contributed by atoms with Crippen molar-refractivity contribution >= 4 is 23.2 Å². The van der Waals surface area contributed by atoms with Crippen molar-refractivity contribution in [2.24, 2.45) is 5.10 Å². The van der Waals surface area contributed by atoms with Crippen LogP contribution in [0.5, 0.6) is 0 Å². The van der Waals surface area contributed by atoms with E-state index in [4.69, 9.17) is 0 Å². The van der Waals surface area contributed by atoms with Crippen LogP contribution in [0.3, 0.4) is 0 Å². The van der Waals surface area contributed by atoms with E-state index in [0.29, 0.717) is 5.95 Å². The van der Waals surface area contributed by atoms with E-state index in [9.17, 15) is 0 Å². The van der Waals surface area contributed by atoms with Crippen LogP contribution in [0.25, 0.3) is 11.0 Å². The van der Waals surface area contributed by atoms with E-state index in [-0.39, 0.29) is 0 Å². The highest BCUT2D eigenvalue weighted by Crippen LogP contribution is 2.15. The van der Waals surface area contributed by atoms with Crippen LogP contribution in [0, 0.1) is 13.8 Å². The number of anilines is 1. The number of aromatic amines is 1. The van der Waals surface area contributed by atoms with E-state index in [0.717, 1.165) is 16.6 Å². The molecule has 2 aromatic carbocycles. The van der Waals surface area contributed by atoms with Gasteiger partial charge in [-0.25, -0.2) is 10.4 Å². The van der Waals surface area contributed by atoms with E-state index in [1.54, 1.807) is 6.21 Å². The lowest BCUT2D eigenvalue weighted by Crippen LogP contribution is -1.93. The summed E-state index contributed by atoms with van der Waals surface area (Å²) in [6.07, 6.45) is 1.80. The molecule has 100 valence electrons. The molecule has 0 bridgehead atoms. The summed E-state index contributed by atoms with van der Waals surface area (Å²) in [5, 5.41) is 4.22. The summed E-state index contributed by atoms with van der Waals surface area (Å²) in [7, 11) is 0. The molecule has 1 heterocycles. The van der Waals surface area contributed by atoms with E-state index in [2.05, 4.69) is 46.5 Å². The Labute approximate surface area is 117 Å². The highest BCUT2D eigenvalue weighted by molar-refractivity contribution is 5.82. The number of aryl methyl sites for hydroxylation is 2. The lowest BCUT2D eigenvalue weighted by molar-refractivity contribution is 1.21. The number of H-pyrrole nitrogens is 1. The monoisotopic (exact) mass is 264 g/mol. The summed E-state index contributed by atoms with van der Waals surface area (Å²) >= 11 is 0. The predicted octanol–water partition coefficient (Wildman–Crippen LogP) is 3.63. The number of rotatable bonds is 3. The quantitative estimate of drug-likeness (QED) is 0.560. The number of nitrogens with one attached hydrogen (secondary N) is 2. The van der Waals surface area contributed by atoms with Gasteiger partial charge in [0.2, 0.25) is 5.95 Å². The van der Waals surface area contributed by atoms with Crippen molar-refractivity contribution in [3.05, 3.63) is 59.2 Å². The molecule has 20 heavy (non-hydrogen) atoms. The molecule has 3 aromatic rings. The maximum Gasteiger partial charge on any atom is 0.222 e. The number of hydrogen-bond acceptors (Lipinski definition) is 3. The first kappa shape index (κ1) is 12.4. The predicted molar refractivity (Wildman–Crippen MR) is 83.2 cm³/mol. The molecule has 4 nitrogen and oxygen atoms in total. The molecule has 0 saturated heterocycles. The van der Waals surface area contributed by atoms with Gasteiger partial charge < -0.3 is 4.98 Å². The van der Waals surface area contributed by atoms with Crippen LogP contribution in [0.4, 0.5) is 5.95 Å². The number of imidazole rings is 1. The van der Waals surface area contributed by atoms with Gasteiger partial charge in [-0.2, -0.15) is 5.10 Å². The second-order valence-electron chi connectivity index (χ2n) is 4.83. The molecule has 0 amide bonds. The van der Waals surface area contributed by atoms with Crippen LogP contribution in [0.2, 0.25) is 0 Å². The highest BCUT2D eigenvalue weighted by Gasteiger charge is 2.01. The van der Waals surface area contributed by atoms with E-state index in [1.165, 1.54) is 11.1 Å². The van der Waals surface area contributed by atoms with Gasteiger partial charge in [-0.3, -0.25) is 0 Å². The molecule has 0 unspecified atom stereocenters. The molecule has 0 saturated carbocycles. The molecule has 3 rings (SSSR count). The normalized spacial score (nSPS) is 11.3.